The molecule has 8 nitrogen and oxygen atoms in total. The van der Waals surface area contributed by atoms with Gasteiger partial charge >= 0.3 is 0 Å². The normalized spacial score (nSPS) is 14.3. The Hall–Kier alpha value is -4.63. The summed E-state index contributed by atoms with van der Waals surface area (Å²) in [7, 11) is 1.49. The van der Waals surface area contributed by atoms with Crippen molar-refractivity contribution in [3.8, 4) is 11.5 Å². The van der Waals surface area contributed by atoms with Crippen molar-refractivity contribution in [3.63, 3.8) is 0 Å². The third kappa shape index (κ3) is 5.09. The number of amides is 2. The number of fused-ring (bicyclic) bond motifs is 1. The molecule has 0 radical (unpaired) electrons. The predicted octanol–water partition coefficient (Wildman–Crippen LogP) is 6.57. The fraction of sp³-hybridized carbons (Fsp3) is 0.103. The Bertz CT molecular complexity index is 1590. The largest absolute Gasteiger partial charge is 0.493 e. The molecule has 9 heteroatoms. The topological polar surface area (TPSA) is 99.0 Å². The molecule has 0 bridgehead atoms. The fourth-order valence-electron chi connectivity index (χ4n) is 4.25. The summed E-state index contributed by atoms with van der Waals surface area (Å²) in [6.07, 6.45) is 1.63. The highest BCUT2D eigenvalue weighted by Gasteiger charge is 2.35. The second-order valence-corrected chi connectivity index (χ2v) is 9.48. The van der Waals surface area contributed by atoms with Crippen molar-refractivity contribution in [2.45, 2.75) is 13.2 Å². The molecular formula is C29H22N2O6S. The fourth-order valence-corrected chi connectivity index (χ4v) is 5.09. The van der Waals surface area contributed by atoms with Crippen LogP contribution in [0.25, 0.3) is 16.8 Å². The van der Waals surface area contributed by atoms with Crippen LogP contribution in [0.5, 0.6) is 11.5 Å². The number of hydrogen-bond donors (Lipinski definition) is 0. The molecule has 0 N–H and O–H groups in total. The summed E-state index contributed by atoms with van der Waals surface area (Å²) in [4.78, 5) is 38.3. The molecule has 0 aliphatic carbocycles. The molecule has 38 heavy (non-hydrogen) atoms. The van der Waals surface area contributed by atoms with Crippen LogP contribution in [0.4, 0.5) is 10.5 Å². The molecule has 0 unspecified atom stereocenters. The van der Waals surface area contributed by atoms with Crippen LogP contribution in [0.1, 0.15) is 16.7 Å². The number of benzene rings is 4. The summed E-state index contributed by atoms with van der Waals surface area (Å²) in [5, 5.41) is 13.0. The van der Waals surface area contributed by atoms with E-state index in [9.17, 15) is 19.7 Å². The van der Waals surface area contributed by atoms with Crippen LogP contribution >= 0.6 is 11.8 Å². The Labute approximate surface area is 222 Å². The molecule has 1 saturated heterocycles. The molecule has 190 valence electrons. The Morgan fingerprint density at radius 1 is 0.921 bits per heavy atom. The molecule has 0 spiro atoms. The van der Waals surface area contributed by atoms with E-state index in [-0.39, 0.29) is 30.0 Å². The number of hydrogen-bond acceptors (Lipinski definition) is 7. The third-order valence-electron chi connectivity index (χ3n) is 6.14. The van der Waals surface area contributed by atoms with Crippen LogP contribution in [-0.4, -0.2) is 28.1 Å². The molecule has 0 atom stereocenters. The minimum atomic E-state index is -0.458. The zero-order chi connectivity index (χ0) is 26.6. The molecule has 1 aliphatic rings. The maximum Gasteiger partial charge on any atom is 0.293 e. The van der Waals surface area contributed by atoms with E-state index >= 15 is 0 Å². The quantitative estimate of drug-likeness (QED) is 0.145. The van der Waals surface area contributed by atoms with E-state index in [1.165, 1.54) is 18.1 Å². The number of nitro benzene ring substituents is 1. The van der Waals surface area contributed by atoms with Crippen LogP contribution < -0.4 is 9.47 Å². The van der Waals surface area contributed by atoms with Gasteiger partial charge in [0.15, 0.2) is 11.5 Å². The minimum absolute atomic E-state index is 0.0394. The van der Waals surface area contributed by atoms with Gasteiger partial charge < -0.3 is 9.47 Å². The lowest BCUT2D eigenvalue weighted by Crippen LogP contribution is -2.27. The average Bonchev–Trinajstić information content (AvgIpc) is 3.19. The highest BCUT2D eigenvalue weighted by molar-refractivity contribution is 8.18. The summed E-state index contributed by atoms with van der Waals surface area (Å²) in [5.74, 6) is 0.422. The molecule has 4 aromatic carbocycles. The number of carbonyl (C=O) groups excluding carboxylic acids is 2. The van der Waals surface area contributed by atoms with Crippen LogP contribution in [0.15, 0.2) is 89.8 Å². The first-order valence-electron chi connectivity index (χ1n) is 11.7. The number of methoxy groups -OCH3 is 1. The number of para-hydroxylation sites is 1. The number of carbonyl (C=O) groups is 2. The summed E-state index contributed by atoms with van der Waals surface area (Å²) in [6.45, 7) is 0.134. The van der Waals surface area contributed by atoms with E-state index in [1.807, 2.05) is 42.5 Å². The first-order chi connectivity index (χ1) is 18.4. The van der Waals surface area contributed by atoms with Crippen molar-refractivity contribution in [1.82, 2.24) is 4.90 Å². The van der Waals surface area contributed by atoms with Gasteiger partial charge in [0.2, 0.25) is 0 Å². The molecule has 0 saturated carbocycles. The average molecular weight is 527 g/mol. The highest BCUT2D eigenvalue weighted by atomic mass is 32.2. The maximum absolute atomic E-state index is 13.2. The van der Waals surface area contributed by atoms with Gasteiger partial charge in [-0.3, -0.25) is 24.6 Å². The minimum Gasteiger partial charge on any atom is -0.493 e. The van der Waals surface area contributed by atoms with Crippen molar-refractivity contribution in [3.05, 3.63) is 117 Å². The third-order valence-corrected chi connectivity index (χ3v) is 7.05. The molecule has 4 aromatic rings. The molecular weight excluding hydrogens is 504 g/mol. The lowest BCUT2D eigenvalue weighted by molar-refractivity contribution is -0.385. The van der Waals surface area contributed by atoms with Crippen molar-refractivity contribution in [2.75, 3.05) is 7.11 Å². The first-order valence-corrected chi connectivity index (χ1v) is 12.5. The number of thioether (sulfide) groups is 1. The van der Waals surface area contributed by atoms with E-state index in [0.29, 0.717) is 27.5 Å². The number of rotatable bonds is 8. The van der Waals surface area contributed by atoms with Crippen LogP contribution in [0, 0.1) is 10.1 Å². The lowest BCUT2D eigenvalue weighted by atomic mass is 10.0. The van der Waals surface area contributed by atoms with Crippen molar-refractivity contribution in [1.29, 1.82) is 0 Å². The maximum atomic E-state index is 13.2. The van der Waals surface area contributed by atoms with Crippen molar-refractivity contribution in [2.24, 2.45) is 0 Å². The second kappa shape index (κ2) is 10.8. The zero-order valence-corrected chi connectivity index (χ0v) is 21.1. The van der Waals surface area contributed by atoms with E-state index in [0.717, 1.165) is 28.1 Å². The van der Waals surface area contributed by atoms with Crippen LogP contribution in [-0.2, 0) is 17.9 Å². The van der Waals surface area contributed by atoms with Crippen LogP contribution in [0.3, 0.4) is 0 Å². The molecule has 1 aliphatic heterocycles. The van der Waals surface area contributed by atoms with Crippen molar-refractivity contribution >= 4 is 45.4 Å². The smallest absolute Gasteiger partial charge is 0.293 e. The summed E-state index contributed by atoms with van der Waals surface area (Å²) < 4.78 is 11.3. The molecule has 1 heterocycles. The standard InChI is InChI=1S/C29H22N2O6S/c1-36-25-14-13-19(15-26(25)37-18-22-8-3-5-12-24(22)31(34)35)16-27-28(32)30(29(33)38-27)17-21-10-6-9-20-7-2-4-11-23(20)21/h2-16H,17-18H2,1H3/b27-16-. The Morgan fingerprint density at radius 3 is 2.47 bits per heavy atom. The second-order valence-electron chi connectivity index (χ2n) is 8.49. The van der Waals surface area contributed by atoms with Gasteiger partial charge in [0.1, 0.15) is 6.61 Å². The van der Waals surface area contributed by atoms with Crippen molar-refractivity contribution < 1.29 is 24.0 Å². The van der Waals surface area contributed by atoms with E-state index in [1.54, 1.807) is 42.5 Å². The Balaban J connectivity index is 1.37. The number of nitro groups is 1. The van der Waals surface area contributed by atoms with Gasteiger partial charge in [0, 0.05) is 6.07 Å². The highest BCUT2D eigenvalue weighted by Crippen LogP contribution is 2.36. The number of nitrogens with zero attached hydrogens (tertiary/aromatic N) is 2. The van der Waals surface area contributed by atoms with E-state index in [4.69, 9.17) is 9.47 Å². The molecule has 5 rings (SSSR count). The first kappa shape index (κ1) is 25.0. The van der Waals surface area contributed by atoms with Gasteiger partial charge in [-0.05, 0) is 57.9 Å². The van der Waals surface area contributed by atoms with Gasteiger partial charge in [-0.2, -0.15) is 0 Å². The van der Waals surface area contributed by atoms with Crippen LogP contribution in [0.2, 0.25) is 0 Å². The van der Waals surface area contributed by atoms with E-state index < -0.39 is 4.92 Å². The van der Waals surface area contributed by atoms with Gasteiger partial charge in [-0.25, -0.2) is 0 Å². The van der Waals surface area contributed by atoms with Gasteiger partial charge in [0.25, 0.3) is 16.8 Å². The Kier molecular flexibility index (Phi) is 7.10. The number of ether oxygens (including phenoxy) is 2. The van der Waals surface area contributed by atoms with Gasteiger partial charge in [-0.15, -0.1) is 0 Å². The molecule has 1 fully saturated rings. The van der Waals surface area contributed by atoms with E-state index in [2.05, 4.69) is 0 Å². The summed E-state index contributed by atoms with van der Waals surface area (Å²) in [5.41, 5.74) is 1.89. The molecule has 2 amide bonds. The SMILES string of the molecule is COc1ccc(/C=C2\SC(=O)N(Cc3cccc4ccccc34)C2=O)cc1OCc1ccccc1[N+](=O)[O-]. The Morgan fingerprint density at radius 2 is 1.66 bits per heavy atom. The lowest BCUT2D eigenvalue weighted by Gasteiger charge is -2.14. The zero-order valence-electron chi connectivity index (χ0n) is 20.3. The molecule has 0 aromatic heterocycles. The summed E-state index contributed by atoms with van der Waals surface area (Å²) in [6, 6.07) is 25.1. The number of imide groups is 1. The van der Waals surface area contributed by atoms with Gasteiger partial charge in [0.05, 0.1) is 29.0 Å². The monoisotopic (exact) mass is 526 g/mol. The predicted molar refractivity (Wildman–Crippen MR) is 146 cm³/mol. The summed E-state index contributed by atoms with van der Waals surface area (Å²) >= 11 is 0.884. The van der Waals surface area contributed by atoms with Gasteiger partial charge in [-0.1, -0.05) is 60.7 Å².